The quantitative estimate of drug-likeness (QED) is 0.836. The van der Waals surface area contributed by atoms with E-state index in [0.717, 1.165) is 37.4 Å². The third-order valence-corrected chi connectivity index (χ3v) is 3.34. The molecule has 1 aliphatic heterocycles. The lowest BCUT2D eigenvalue weighted by Gasteiger charge is -2.31. The van der Waals surface area contributed by atoms with Crippen LogP contribution >= 0.6 is 12.2 Å². The van der Waals surface area contributed by atoms with E-state index in [1.54, 1.807) is 0 Å². The number of anilines is 1. The van der Waals surface area contributed by atoms with Crippen molar-refractivity contribution in [3.63, 3.8) is 0 Å². The van der Waals surface area contributed by atoms with Crippen molar-refractivity contribution in [1.82, 2.24) is 0 Å². The van der Waals surface area contributed by atoms with Crippen LogP contribution in [0.1, 0.15) is 19.8 Å². The highest BCUT2D eigenvalue weighted by Gasteiger charge is 2.24. The van der Waals surface area contributed by atoms with Crippen molar-refractivity contribution in [2.45, 2.75) is 25.8 Å². The van der Waals surface area contributed by atoms with Crippen LogP contribution in [0.4, 0.5) is 5.69 Å². The summed E-state index contributed by atoms with van der Waals surface area (Å²) in [4.78, 5) is 2.83. The summed E-state index contributed by atoms with van der Waals surface area (Å²) in [5, 5.41) is 0. The van der Waals surface area contributed by atoms with Gasteiger partial charge in [-0.1, -0.05) is 31.3 Å². The Bertz CT molecular complexity index is 408. The molecule has 1 aromatic rings. The average molecular weight is 250 g/mol. The predicted molar refractivity (Wildman–Crippen MR) is 74.8 cm³/mol. The molecule has 0 spiro atoms. The van der Waals surface area contributed by atoms with Crippen molar-refractivity contribution in [3.8, 4) is 5.75 Å². The molecule has 1 atom stereocenters. The van der Waals surface area contributed by atoms with Gasteiger partial charge in [0.05, 0.1) is 23.3 Å². The van der Waals surface area contributed by atoms with E-state index < -0.39 is 0 Å². The van der Waals surface area contributed by atoms with Crippen molar-refractivity contribution in [2.24, 2.45) is 5.73 Å². The molecule has 0 bridgehead atoms. The van der Waals surface area contributed by atoms with E-state index in [9.17, 15) is 0 Å². The van der Waals surface area contributed by atoms with E-state index >= 15 is 0 Å². The Morgan fingerprint density at radius 2 is 2.29 bits per heavy atom. The highest BCUT2D eigenvalue weighted by atomic mass is 32.1. The van der Waals surface area contributed by atoms with E-state index in [4.69, 9.17) is 22.7 Å². The molecule has 0 saturated carbocycles. The molecule has 0 fully saturated rings. The van der Waals surface area contributed by atoms with E-state index in [2.05, 4.69) is 17.9 Å². The molecular weight excluding hydrogens is 232 g/mol. The summed E-state index contributed by atoms with van der Waals surface area (Å²) in [5.41, 5.74) is 6.94. The van der Waals surface area contributed by atoms with Crippen LogP contribution in [-0.4, -0.2) is 24.2 Å². The van der Waals surface area contributed by atoms with Crippen LogP contribution in [0, 0.1) is 0 Å². The minimum absolute atomic E-state index is 0.118. The fourth-order valence-corrected chi connectivity index (χ4v) is 2.55. The second kappa shape index (κ2) is 5.36. The molecule has 0 saturated heterocycles. The number of fused-ring (bicyclic) bond motifs is 1. The predicted octanol–water partition coefficient (Wildman–Crippen LogP) is 2.34. The van der Waals surface area contributed by atoms with Crippen LogP contribution in [0.5, 0.6) is 5.75 Å². The lowest BCUT2D eigenvalue weighted by molar-refractivity contribution is 0.322. The van der Waals surface area contributed by atoms with Crippen molar-refractivity contribution in [1.29, 1.82) is 0 Å². The Balaban J connectivity index is 2.37. The van der Waals surface area contributed by atoms with Crippen LogP contribution in [-0.2, 0) is 0 Å². The molecule has 2 rings (SSSR count). The number of hydrogen-bond acceptors (Lipinski definition) is 3. The van der Waals surface area contributed by atoms with Gasteiger partial charge in [0.1, 0.15) is 5.75 Å². The molecule has 1 unspecified atom stereocenters. The molecule has 2 N–H and O–H groups in total. The second-order valence-corrected chi connectivity index (χ2v) is 4.66. The van der Waals surface area contributed by atoms with E-state index in [1.807, 2.05) is 18.2 Å². The summed E-state index contributed by atoms with van der Waals surface area (Å²) < 4.78 is 5.73. The van der Waals surface area contributed by atoms with Crippen molar-refractivity contribution in [3.05, 3.63) is 24.3 Å². The molecule has 0 amide bonds. The SMILES string of the molecule is CCC(C(N)=S)N1CCCOc2ccccc21. The van der Waals surface area contributed by atoms with E-state index in [0.29, 0.717) is 4.99 Å². The van der Waals surface area contributed by atoms with Gasteiger partial charge < -0.3 is 15.4 Å². The van der Waals surface area contributed by atoms with Crippen LogP contribution in [0.15, 0.2) is 24.3 Å². The maximum atomic E-state index is 5.84. The van der Waals surface area contributed by atoms with Gasteiger partial charge in [-0.2, -0.15) is 0 Å². The highest BCUT2D eigenvalue weighted by Crippen LogP contribution is 2.32. The Morgan fingerprint density at radius 1 is 1.53 bits per heavy atom. The fraction of sp³-hybridized carbons (Fsp3) is 0.462. The van der Waals surface area contributed by atoms with Gasteiger partial charge in [-0.25, -0.2) is 0 Å². The first-order chi connectivity index (χ1) is 8.24. The van der Waals surface area contributed by atoms with Crippen molar-refractivity contribution >= 4 is 22.9 Å². The van der Waals surface area contributed by atoms with Crippen LogP contribution < -0.4 is 15.4 Å². The van der Waals surface area contributed by atoms with Crippen molar-refractivity contribution < 1.29 is 4.74 Å². The maximum absolute atomic E-state index is 5.84. The Morgan fingerprint density at radius 3 is 3.00 bits per heavy atom. The number of nitrogens with zero attached hydrogens (tertiary/aromatic N) is 1. The van der Waals surface area contributed by atoms with E-state index in [1.165, 1.54) is 0 Å². The van der Waals surface area contributed by atoms with Gasteiger partial charge in [-0.15, -0.1) is 0 Å². The first kappa shape index (κ1) is 12.2. The number of rotatable bonds is 3. The number of hydrogen-bond donors (Lipinski definition) is 1. The van der Waals surface area contributed by atoms with Gasteiger partial charge >= 0.3 is 0 Å². The van der Waals surface area contributed by atoms with Gasteiger partial charge in [0.25, 0.3) is 0 Å². The molecule has 4 heteroatoms. The number of thiocarbonyl (C=S) groups is 1. The average Bonchev–Trinajstić information content (AvgIpc) is 2.53. The maximum Gasteiger partial charge on any atom is 0.142 e. The monoisotopic (exact) mass is 250 g/mol. The minimum atomic E-state index is 0.118. The standard InChI is InChI=1S/C13H18N2OS/c1-2-10(13(14)17)15-8-5-9-16-12-7-4-3-6-11(12)15/h3-4,6-7,10H,2,5,8-9H2,1H3,(H2,14,17). The third-order valence-electron chi connectivity index (χ3n) is 3.07. The normalized spacial score (nSPS) is 16.6. The fourth-order valence-electron chi connectivity index (χ4n) is 2.25. The zero-order valence-electron chi connectivity index (χ0n) is 10.1. The summed E-state index contributed by atoms with van der Waals surface area (Å²) in [6.45, 7) is 3.80. The first-order valence-electron chi connectivity index (χ1n) is 6.02. The number of nitrogens with two attached hydrogens (primary N) is 1. The zero-order valence-corrected chi connectivity index (χ0v) is 10.9. The number of ether oxygens (including phenoxy) is 1. The van der Waals surface area contributed by atoms with Gasteiger partial charge in [0.2, 0.25) is 0 Å². The van der Waals surface area contributed by atoms with Gasteiger partial charge in [-0.3, -0.25) is 0 Å². The summed E-state index contributed by atoms with van der Waals surface area (Å²) in [7, 11) is 0. The third kappa shape index (κ3) is 2.52. The summed E-state index contributed by atoms with van der Waals surface area (Å²) in [6, 6.07) is 8.20. The van der Waals surface area contributed by atoms with Gasteiger partial charge in [0, 0.05) is 6.54 Å². The summed E-state index contributed by atoms with van der Waals surface area (Å²) in [6.07, 6.45) is 1.91. The molecular formula is C13H18N2OS. The topological polar surface area (TPSA) is 38.5 Å². The molecule has 1 heterocycles. The van der Waals surface area contributed by atoms with Crippen molar-refractivity contribution in [2.75, 3.05) is 18.1 Å². The smallest absolute Gasteiger partial charge is 0.142 e. The zero-order chi connectivity index (χ0) is 12.3. The summed E-state index contributed by atoms with van der Waals surface area (Å²) in [5.74, 6) is 0.930. The van der Waals surface area contributed by atoms with Crippen LogP contribution in [0.2, 0.25) is 0 Å². The Labute approximate surface area is 108 Å². The van der Waals surface area contributed by atoms with Crippen LogP contribution in [0.25, 0.3) is 0 Å². The van der Waals surface area contributed by atoms with Gasteiger partial charge in [0.15, 0.2) is 0 Å². The molecule has 92 valence electrons. The largest absolute Gasteiger partial charge is 0.491 e. The Hall–Kier alpha value is -1.29. The molecule has 0 aromatic heterocycles. The lowest BCUT2D eigenvalue weighted by atomic mass is 10.1. The number of para-hydroxylation sites is 2. The first-order valence-corrected chi connectivity index (χ1v) is 6.42. The Kier molecular flexibility index (Phi) is 3.84. The highest BCUT2D eigenvalue weighted by molar-refractivity contribution is 7.80. The molecule has 17 heavy (non-hydrogen) atoms. The second-order valence-electron chi connectivity index (χ2n) is 4.19. The molecule has 3 nitrogen and oxygen atoms in total. The number of benzene rings is 1. The van der Waals surface area contributed by atoms with Crippen LogP contribution in [0.3, 0.4) is 0 Å². The minimum Gasteiger partial charge on any atom is -0.491 e. The molecule has 1 aromatic carbocycles. The molecule has 1 aliphatic rings. The molecule has 0 aliphatic carbocycles. The van der Waals surface area contributed by atoms with Gasteiger partial charge in [-0.05, 0) is 25.0 Å². The summed E-state index contributed by atoms with van der Waals surface area (Å²) >= 11 is 5.17. The van der Waals surface area contributed by atoms with E-state index in [-0.39, 0.29) is 6.04 Å². The molecule has 0 radical (unpaired) electrons. The lowest BCUT2D eigenvalue weighted by Crippen LogP contribution is -2.44.